The summed E-state index contributed by atoms with van der Waals surface area (Å²) < 4.78 is 5.15. The third-order valence-electron chi connectivity index (χ3n) is 3.31. The molecule has 0 N–H and O–H groups in total. The van der Waals surface area contributed by atoms with Gasteiger partial charge in [0.2, 0.25) is 0 Å². The van der Waals surface area contributed by atoms with Crippen LogP contribution in [0, 0.1) is 6.92 Å². The molecule has 0 spiro atoms. The van der Waals surface area contributed by atoms with Crippen LogP contribution >= 0.6 is 0 Å². The summed E-state index contributed by atoms with van der Waals surface area (Å²) >= 11 is 0. The number of ether oxygens (including phenoxy) is 1. The van der Waals surface area contributed by atoms with E-state index in [1.54, 1.807) is 18.2 Å². The highest BCUT2D eigenvalue weighted by Gasteiger charge is 2.17. The van der Waals surface area contributed by atoms with Crippen molar-refractivity contribution in [2.75, 3.05) is 13.7 Å². The molecule has 0 bridgehead atoms. The number of amides is 1. The van der Waals surface area contributed by atoms with Crippen LogP contribution in [0.15, 0.2) is 36.7 Å². The molecule has 22 heavy (non-hydrogen) atoms. The van der Waals surface area contributed by atoms with E-state index < -0.39 is 0 Å². The van der Waals surface area contributed by atoms with Crippen molar-refractivity contribution in [3.8, 4) is 5.75 Å². The molecule has 0 saturated carbocycles. The number of benzene rings is 1. The molecule has 0 saturated heterocycles. The fraction of sp³-hybridized carbons (Fsp3) is 0.353. The molecule has 0 radical (unpaired) electrons. The first-order valence-electron chi connectivity index (χ1n) is 7.35. The molecular formula is C17H21N3O2. The second-order valence-electron chi connectivity index (χ2n) is 5.12. The van der Waals surface area contributed by atoms with Crippen molar-refractivity contribution >= 4 is 5.91 Å². The summed E-state index contributed by atoms with van der Waals surface area (Å²) in [5.74, 6) is 0.715. The van der Waals surface area contributed by atoms with Gasteiger partial charge in [-0.3, -0.25) is 9.78 Å². The van der Waals surface area contributed by atoms with Crippen molar-refractivity contribution in [3.05, 3.63) is 53.6 Å². The van der Waals surface area contributed by atoms with Crippen molar-refractivity contribution in [2.24, 2.45) is 0 Å². The fourth-order valence-electron chi connectivity index (χ4n) is 2.14. The monoisotopic (exact) mass is 299 g/mol. The smallest absolute Gasteiger partial charge is 0.274 e. The van der Waals surface area contributed by atoms with Gasteiger partial charge in [-0.05, 0) is 31.0 Å². The van der Waals surface area contributed by atoms with Crippen LogP contribution in [0.4, 0.5) is 0 Å². The SMILES string of the molecule is CCCN(Cc1ccc(OC)cc1)C(=O)c1cnc(C)cn1. The number of carbonyl (C=O) groups excluding carboxylic acids is 1. The predicted molar refractivity (Wildman–Crippen MR) is 84.8 cm³/mol. The maximum absolute atomic E-state index is 12.6. The Morgan fingerprint density at radius 2 is 1.91 bits per heavy atom. The van der Waals surface area contributed by atoms with E-state index in [0.717, 1.165) is 23.4 Å². The maximum Gasteiger partial charge on any atom is 0.274 e. The Hall–Kier alpha value is -2.43. The summed E-state index contributed by atoms with van der Waals surface area (Å²) in [6.45, 7) is 5.13. The van der Waals surface area contributed by atoms with Gasteiger partial charge < -0.3 is 9.64 Å². The van der Waals surface area contributed by atoms with E-state index in [-0.39, 0.29) is 5.91 Å². The zero-order valence-electron chi connectivity index (χ0n) is 13.2. The highest BCUT2D eigenvalue weighted by Crippen LogP contribution is 2.14. The highest BCUT2D eigenvalue weighted by atomic mass is 16.5. The van der Waals surface area contributed by atoms with Crippen LogP contribution in [0.25, 0.3) is 0 Å². The van der Waals surface area contributed by atoms with Crippen molar-refractivity contribution in [1.29, 1.82) is 0 Å². The number of rotatable bonds is 6. The van der Waals surface area contributed by atoms with E-state index >= 15 is 0 Å². The number of nitrogens with zero attached hydrogens (tertiary/aromatic N) is 3. The van der Waals surface area contributed by atoms with E-state index in [2.05, 4.69) is 16.9 Å². The molecule has 0 aliphatic heterocycles. The number of methoxy groups -OCH3 is 1. The van der Waals surface area contributed by atoms with Crippen LogP contribution in [-0.2, 0) is 6.54 Å². The third kappa shape index (κ3) is 4.04. The summed E-state index contributed by atoms with van der Waals surface area (Å²) in [6, 6.07) is 7.73. The molecule has 0 unspecified atom stereocenters. The predicted octanol–water partition coefficient (Wildman–Crippen LogP) is 2.85. The van der Waals surface area contributed by atoms with Crippen LogP contribution in [0.3, 0.4) is 0 Å². The first kappa shape index (κ1) is 15.9. The average Bonchev–Trinajstić information content (AvgIpc) is 2.55. The lowest BCUT2D eigenvalue weighted by molar-refractivity contribution is 0.0736. The number of aromatic nitrogens is 2. The van der Waals surface area contributed by atoms with E-state index in [0.29, 0.717) is 18.8 Å². The number of aryl methyl sites for hydroxylation is 1. The van der Waals surface area contributed by atoms with Crippen LogP contribution in [-0.4, -0.2) is 34.4 Å². The largest absolute Gasteiger partial charge is 0.497 e. The number of hydrogen-bond donors (Lipinski definition) is 0. The first-order valence-corrected chi connectivity index (χ1v) is 7.35. The standard InChI is InChI=1S/C17H21N3O2/c1-4-9-20(12-14-5-7-15(22-3)8-6-14)17(21)16-11-18-13(2)10-19-16/h5-8,10-11H,4,9,12H2,1-3H3. The molecule has 1 amide bonds. The van der Waals surface area contributed by atoms with Gasteiger partial charge in [-0.1, -0.05) is 19.1 Å². The molecular weight excluding hydrogens is 278 g/mol. The molecule has 1 aromatic heterocycles. The maximum atomic E-state index is 12.6. The van der Waals surface area contributed by atoms with Crippen molar-refractivity contribution in [3.63, 3.8) is 0 Å². The van der Waals surface area contributed by atoms with Crippen LogP contribution in [0.1, 0.15) is 35.1 Å². The Balaban J connectivity index is 2.14. The second kappa shape index (κ2) is 7.54. The van der Waals surface area contributed by atoms with Crippen LogP contribution < -0.4 is 4.74 Å². The summed E-state index contributed by atoms with van der Waals surface area (Å²) in [6.07, 6.45) is 4.04. The van der Waals surface area contributed by atoms with Gasteiger partial charge in [0, 0.05) is 19.3 Å². The molecule has 2 aromatic rings. The average molecular weight is 299 g/mol. The van der Waals surface area contributed by atoms with E-state index in [1.165, 1.54) is 6.20 Å². The Bertz CT molecular complexity index is 609. The topological polar surface area (TPSA) is 55.3 Å². The van der Waals surface area contributed by atoms with E-state index in [1.807, 2.05) is 31.2 Å². The van der Waals surface area contributed by atoms with Gasteiger partial charge in [-0.2, -0.15) is 0 Å². The number of carbonyl (C=O) groups is 1. The molecule has 0 fully saturated rings. The summed E-state index contributed by atoms with van der Waals surface area (Å²) in [5.41, 5.74) is 2.24. The summed E-state index contributed by atoms with van der Waals surface area (Å²) in [5, 5.41) is 0. The molecule has 0 aliphatic carbocycles. The normalized spacial score (nSPS) is 10.3. The summed E-state index contributed by atoms with van der Waals surface area (Å²) in [4.78, 5) is 22.7. The van der Waals surface area contributed by atoms with Gasteiger partial charge in [0.15, 0.2) is 0 Å². The van der Waals surface area contributed by atoms with Gasteiger partial charge in [-0.15, -0.1) is 0 Å². The van der Waals surface area contributed by atoms with Gasteiger partial charge in [0.25, 0.3) is 5.91 Å². The lowest BCUT2D eigenvalue weighted by atomic mass is 10.2. The molecule has 0 aliphatic rings. The molecule has 116 valence electrons. The Morgan fingerprint density at radius 1 is 1.18 bits per heavy atom. The molecule has 1 aromatic carbocycles. The van der Waals surface area contributed by atoms with Crippen LogP contribution in [0.5, 0.6) is 5.75 Å². The lowest BCUT2D eigenvalue weighted by Crippen LogP contribution is -2.32. The first-order chi connectivity index (χ1) is 10.6. The minimum atomic E-state index is -0.0924. The van der Waals surface area contributed by atoms with Gasteiger partial charge >= 0.3 is 0 Å². The summed E-state index contributed by atoms with van der Waals surface area (Å²) in [7, 11) is 1.64. The Kier molecular flexibility index (Phi) is 5.47. The second-order valence-corrected chi connectivity index (χ2v) is 5.12. The van der Waals surface area contributed by atoms with Crippen LogP contribution in [0.2, 0.25) is 0 Å². The minimum absolute atomic E-state index is 0.0924. The van der Waals surface area contributed by atoms with Crippen molar-refractivity contribution in [1.82, 2.24) is 14.9 Å². The Morgan fingerprint density at radius 3 is 2.45 bits per heavy atom. The lowest BCUT2D eigenvalue weighted by Gasteiger charge is -2.22. The molecule has 5 nitrogen and oxygen atoms in total. The molecule has 5 heteroatoms. The molecule has 2 rings (SSSR count). The van der Waals surface area contributed by atoms with Gasteiger partial charge in [0.05, 0.1) is 19.0 Å². The minimum Gasteiger partial charge on any atom is -0.497 e. The van der Waals surface area contributed by atoms with Gasteiger partial charge in [0.1, 0.15) is 11.4 Å². The van der Waals surface area contributed by atoms with Crippen molar-refractivity contribution < 1.29 is 9.53 Å². The van der Waals surface area contributed by atoms with Crippen molar-refractivity contribution in [2.45, 2.75) is 26.8 Å². The highest BCUT2D eigenvalue weighted by molar-refractivity contribution is 5.91. The quantitative estimate of drug-likeness (QED) is 0.823. The molecule has 1 heterocycles. The zero-order chi connectivity index (χ0) is 15.9. The van der Waals surface area contributed by atoms with E-state index in [9.17, 15) is 4.79 Å². The Labute approximate surface area is 131 Å². The number of hydrogen-bond acceptors (Lipinski definition) is 4. The van der Waals surface area contributed by atoms with E-state index in [4.69, 9.17) is 4.74 Å². The van der Waals surface area contributed by atoms with Gasteiger partial charge in [-0.25, -0.2) is 4.98 Å². The molecule has 0 atom stereocenters. The zero-order valence-corrected chi connectivity index (χ0v) is 13.2. The third-order valence-corrected chi connectivity index (χ3v) is 3.31. The fourth-order valence-corrected chi connectivity index (χ4v) is 2.14.